The van der Waals surface area contributed by atoms with Crippen molar-refractivity contribution in [3.8, 4) is 6.07 Å². The first-order valence-corrected chi connectivity index (χ1v) is 10.1. The van der Waals surface area contributed by atoms with E-state index >= 15 is 0 Å². The average Bonchev–Trinajstić information content (AvgIpc) is 3.10. The minimum absolute atomic E-state index is 0.304. The molecular formula is C21H21N3S. The van der Waals surface area contributed by atoms with E-state index in [1.807, 2.05) is 18.2 Å². The molecule has 0 radical (unpaired) electrons. The Bertz CT molecular complexity index is 823. The highest BCUT2D eigenvalue weighted by Gasteiger charge is 2.52. The maximum Gasteiger partial charge on any atom is 0.134 e. The minimum Gasteiger partial charge on any atom is -0.264 e. The third-order valence-electron chi connectivity index (χ3n) is 6.43. The highest BCUT2D eigenvalue weighted by atomic mass is 32.1. The van der Waals surface area contributed by atoms with Crippen LogP contribution in [0.5, 0.6) is 0 Å². The van der Waals surface area contributed by atoms with Gasteiger partial charge in [0.15, 0.2) is 0 Å². The first-order valence-electron chi connectivity index (χ1n) is 9.22. The van der Waals surface area contributed by atoms with Gasteiger partial charge in [0.25, 0.3) is 0 Å². The van der Waals surface area contributed by atoms with E-state index in [4.69, 9.17) is 4.98 Å². The molecule has 4 aliphatic carbocycles. The van der Waals surface area contributed by atoms with Crippen molar-refractivity contribution >= 4 is 23.0 Å². The molecule has 126 valence electrons. The normalized spacial score (nSPS) is 33.4. The van der Waals surface area contributed by atoms with Gasteiger partial charge in [-0.05, 0) is 74.0 Å². The summed E-state index contributed by atoms with van der Waals surface area (Å²) >= 11 is 1.63. The number of thiazole rings is 1. The zero-order valence-electron chi connectivity index (χ0n) is 14.2. The lowest BCUT2D eigenvalue weighted by Gasteiger charge is -2.56. The molecule has 0 N–H and O–H groups in total. The fraction of sp³-hybridized carbons (Fsp3) is 0.476. The quantitative estimate of drug-likeness (QED) is 0.728. The fourth-order valence-corrected chi connectivity index (χ4v) is 6.74. The number of nitriles is 1. The molecule has 4 fully saturated rings. The lowest BCUT2D eigenvalue weighted by molar-refractivity contribution is -0.00694. The van der Waals surface area contributed by atoms with Gasteiger partial charge in [0.1, 0.15) is 11.1 Å². The van der Waals surface area contributed by atoms with E-state index in [1.165, 1.54) is 44.2 Å². The van der Waals surface area contributed by atoms with Crippen molar-refractivity contribution in [3.05, 3.63) is 46.2 Å². The molecule has 0 atom stereocenters. The molecule has 2 aromatic rings. The van der Waals surface area contributed by atoms with Crippen LogP contribution in [0.2, 0.25) is 0 Å². The molecule has 2 heterocycles. The van der Waals surface area contributed by atoms with E-state index in [9.17, 15) is 5.26 Å². The molecule has 0 saturated heterocycles. The molecule has 25 heavy (non-hydrogen) atoms. The van der Waals surface area contributed by atoms with Gasteiger partial charge in [-0.1, -0.05) is 6.07 Å². The average molecular weight is 347 g/mol. The number of allylic oxidation sites excluding steroid dienone is 1. The highest BCUT2D eigenvalue weighted by Crippen LogP contribution is 2.60. The van der Waals surface area contributed by atoms with Crippen molar-refractivity contribution in [3.63, 3.8) is 0 Å². The van der Waals surface area contributed by atoms with E-state index in [-0.39, 0.29) is 0 Å². The Morgan fingerprint density at radius 1 is 1.20 bits per heavy atom. The molecule has 4 heteroatoms. The van der Waals surface area contributed by atoms with Crippen LogP contribution < -0.4 is 0 Å². The monoisotopic (exact) mass is 347 g/mol. The van der Waals surface area contributed by atoms with Crippen LogP contribution in [0.4, 0.5) is 0 Å². The molecule has 0 aliphatic heterocycles. The van der Waals surface area contributed by atoms with E-state index in [0.717, 1.165) is 28.3 Å². The van der Waals surface area contributed by atoms with E-state index in [1.54, 1.807) is 23.7 Å². The first kappa shape index (κ1) is 15.3. The Morgan fingerprint density at radius 2 is 1.92 bits per heavy atom. The Kier molecular flexibility index (Phi) is 3.53. The smallest absolute Gasteiger partial charge is 0.134 e. The summed E-state index contributed by atoms with van der Waals surface area (Å²) in [7, 11) is 0. The van der Waals surface area contributed by atoms with Gasteiger partial charge in [-0.25, -0.2) is 4.98 Å². The summed E-state index contributed by atoms with van der Waals surface area (Å²) < 4.78 is 0. The number of aromatic nitrogens is 2. The standard InChI is InChI=1S/C21H21N3S/c22-11-18(7-14-2-1-3-23-12-14)20-24-19(13-25-20)21-8-15-4-16(9-21)6-17(5-15)10-21/h1-3,7,12-13,15-17H,4-6,8-10H2. The zero-order valence-corrected chi connectivity index (χ0v) is 15.0. The lowest BCUT2D eigenvalue weighted by Crippen LogP contribution is -2.48. The first-order chi connectivity index (χ1) is 12.2. The molecule has 2 aromatic heterocycles. The van der Waals surface area contributed by atoms with E-state index in [0.29, 0.717) is 11.0 Å². The van der Waals surface area contributed by atoms with Crippen LogP contribution in [0.15, 0.2) is 29.9 Å². The molecule has 4 saturated carbocycles. The second-order valence-electron chi connectivity index (χ2n) is 8.19. The van der Waals surface area contributed by atoms with Gasteiger partial charge >= 0.3 is 0 Å². The highest BCUT2D eigenvalue weighted by molar-refractivity contribution is 7.11. The lowest BCUT2D eigenvalue weighted by atomic mass is 9.49. The zero-order chi connectivity index (χ0) is 16.9. The maximum atomic E-state index is 9.61. The minimum atomic E-state index is 0.304. The summed E-state index contributed by atoms with van der Waals surface area (Å²) in [6, 6.07) is 6.20. The number of rotatable bonds is 3. The molecule has 0 amide bonds. The molecule has 4 aliphatic rings. The van der Waals surface area contributed by atoms with Crippen LogP contribution in [0.25, 0.3) is 11.6 Å². The molecule has 0 unspecified atom stereocenters. The molecule has 4 bridgehead atoms. The molecule has 3 nitrogen and oxygen atoms in total. The molecule has 0 spiro atoms. The molecule has 0 aromatic carbocycles. The SMILES string of the molecule is N#CC(=Cc1cccnc1)c1nc(C23CC4CC(CC(C4)C2)C3)cs1. The summed E-state index contributed by atoms with van der Waals surface area (Å²) in [6.45, 7) is 0. The Labute approximate surface area is 152 Å². The van der Waals surface area contributed by atoms with Gasteiger partial charge in [-0.15, -0.1) is 11.3 Å². The van der Waals surface area contributed by atoms with Crippen molar-refractivity contribution < 1.29 is 0 Å². The number of pyridine rings is 1. The Morgan fingerprint density at radius 3 is 2.52 bits per heavy atom. The molecule has 6 rings (SSSR count). The maximum absolute atomic E-state index is 9.61. The van der Waals surface area contributed by atoms with Gasteiger partial charge in [0, 0.05) is 23.2 Å². The van der Waals surface area contributed by atoms with Crippen LogP contribution >= 0.6 is 11.3 Å². The summed E-state index contributed by atoms with van der Waals surface area (Å²) in [5, 5.41) is 12.7. The van der Waals surface area contributed by atoms with Crippen molar-refractivity contribution in [2.45, 2.75) is 43.9 Å². The summed E-state index contributed by atoms with van der Waals surface area (Å²) in [5.74, 6) is 2.74. The Balaban J connectivity index is 1.48. The summed E-state index contributed by atoms with van der Waals surface area (Å²) in [5.41, 5.74) is 3.16. The fourth-order valence-electron chi connectivity index (χ4n) is 5.84. The van der Waals surface area contributed by atoms with E-state index in [2.05, 4.69) is 16.4 Å². The second kappa shape index (κ2) is 5.78. The largest absolute Gasteiger partial charge is 0.264 e. The third kappa shape index (κ3) is 2.62. The van der Waals surface area contributed by atoms with Crippen LogP contribution in [0.3, 0.4) is 0 Å². The number of nitrogens with zero attached hydrogens (tertiary/aromatic N) is 3. The summed E-state index contributed by atoms with van der Waals surface area (Å²) in [4.78, 5) is 9.10. The van der Waals surface area contributed by atoms with Crippen molar-refractivity contribution in [2.75, 3.05) is 0 Å². The van der Waals surface area contributed by atoms with Gasteiger partial charge in [-0.3, -0.25) is 4.98 Å². The number of hydrogen-bond donors (Lipinski definition) is 0. The van der Waals surface area contributed by atoms with Crippen LogP contribution in [0.1, 0.15) is 54.8 Å². The number of hydrogen-bond acceptors (Lipinski definition) is 4. The predicted octanol–water partition coefficient (Wildman–Crippen LogP) is 5.07. The second-order valence-corrected chi connectivity index (χ2v) is 9.05. The Hall–Kier alpha value is -1.99. The third-order valence-corrected chi connectivity index (χ3v) is 7.31. The van der Waals surface area contributed by atoms with Gasteiger partial charge < -0.3 is 0 Å². The van der Waals surface area contributed by atoms with E-state index < -0.39 is 0 Å². The van der Waals surface area contributed by atoms with Crippen molar-refractivity contribution in [2.24, 2.45) is 17.8 Å². The molecular weight excluding hydrogens is 326 g/mol. The van der Waals surface area contributed by atoms with Crippen molar-refractivity contribution in [1.82, 2.24) is 9.97 Å². The van der Waals surface area contributed by atoms with Gasteiger partial charge in [0.05, 0.1) is 11.3 Å². The van der Waals surface area contributed by atoms with Gasteiger partial charge in [0.2, 0.25) is 0 Å². The predicted molar refractivity (Wildman–Crippen MR) is 99.7 cm³/mol. The summed E-state index contributed by atoms with van der Waals surface area (Å²) in [6.07, 6.45) is 13.7. The van der Waals surface area contributed by atoms with Crippen LogP contribution in [0, 0.1) is 29.1 Å². The topological polar surface area (TPSA) is 49.6 Å². The van der Waals surface area contributed by atoms with Crippen LogP contribution in [-0.2, 0) is 5.41 Å². The van der Waals surface area contributed by atoms with Crippen molar-refractivity contribution in [1.29, 1.82) is 5.26 Å². The van der Waals surface area contributed by atoms with Gasteiger partial charge in [-0.2, -0.15) is 5.26 Å². The van der Waals surface area contributed by atoms with Crippen LogP contribution in [-0.4, -0.2) is 9.97 Å².